The Hall–Kier alpha value is -3.22. The Morgan fingerprint density at radius 1 is 1.00 bits per heavy atom. The van der Waals surface area contributed by atoms with E-state index in [1.54, 1.807) is 56.7 Å². The zero-order chi connectivity index (χ0) is 18.1. The summed E-state index contributed by atoms with van der Waals surface area (Å²) < 4.78 is 20.9. The lowest BCUT2D eigenvalue weighted by Gasteiger charge is -2.09. The van der Waals surface area contributed by atoms with Crippen LogP contribution in [0.4, 0.5) is 0 Å². The molecule has 0 atom stereocenters. The summed E-state index contributed by atoms with van der Waals surface area (Å²) in [6, 6.07) is 12.3. The molecular formula is C18H20N2O5. The van der Waals surface area contributed by atoms with Gasteiger partial charge in [-0.25, -0.2) is 5.43 Å². The number of amides is 1. The van der Waals surface area contributed by atoms with E-state index in [1.165, 1.54) is 13.3 Å². The second-order valence-corrected chi connectivity index (χ2v) is 4.84. The van der Waals surface area contributed by atoms with E-state index in [0.29, 0.717) is 28.6 Å². The molecule has 0 heterocycles. The van der Waals surface area contributed by atoms with E-state index >= 15 is 0 Å². The molecule has 2 aromatic rings. The number of carbonyl (C=O) groups is 1. The maximum absolute atomic E-state index is 11.8. The fourth-order valence-corrected chi connectivity index (χ4v) is 2.04. The molecule has 0 aliphatic rings. The molecule has 0 aliphatic carbocycles. The molecular weight excluding hydrogens is 324 g/mol. The van der Waals surface area contributed by atoms with Crippen molar-refractivity contribution in [3.63, 3.8) is 0 Å². The minimum atomic E-state index is -0.381. The minimum absolute atomic E-state index is 0.154. The topological polar surface area (TPSA) is 78.4 Å². The Bertz CT molecular complexity index is 729. The highest BCUT2D eigenvalue weighted by atomic mass is 16.5. The first kappa shape index (κ1) is 18.1. The lowest BCUT2D eigenvalue weighted by molar-refractivity contribution is -0.123. The van der Waals surface area contributed by atoms with Gasteiger partial charge in [-0.1, -0.05) is 6.07 Å². The van der Waals surface area contributed by atoms with Crippen LogP contribution in [0, 0.1) is 0 Å². The summed E-state index contributed by atoms with van der Waals surface area (Å²) in [6.45, 7) is -0.154. The van der Waals surface area contributed by atoms with Crippen molar-refractivity contribution >= 4 is 12.1 Å². The Labute approximate surface area is 146 Å². The second-order valence-electron chi connectivity index (χ2n) is 4.84. The predicted octanol–water partition coefficient (Wildman–Crippen LogP) is 2.24. The molecule has 0 fully saturated rings. The van der Waals surface area contributed by atoms with Crippen molar-refractivity contribution in [3.05, 3.63) is 48.0 Å². The van der Waals surface area contributed by atoms with Crippen LogP contribution in [0.15, 0.2) is 47.6 Å². The molecule has 0 radical (unpaired) electrons. The molecule has 2 aromatic carbocycles. The van der Waals surface area contributed by atoms with Crippen LogP contribution < -0.4 is 24.4 Å². The molecule has 7 nitrogen and oxygen atoms in total. The van der Waals surface area contributed by atoms with E-state index in [9.17, 15) is 4.79 Å². The van der Waals surface area contributed by atoms with Crippen LogP contribution in [0.3, 0.4) is 0 Å². The lowest BCUT2D eigenvalue weighted by atomic mass is 10.2. The quantitative estimate of drug-likeness (QED) is 0.587. The summed E-state index contributed by atoms with van der Waals surface area (Å²) in [6.07, 6.45) is 1.48. The SMILES string of the molecule is COc1ccc(OCC(=O)NN=Cc2cccc(OC)c2OC)cc1. The molecule has 2 rings (SSSR count). The summed E-state index contributed by atoms with van der Waals surface area (Å²) in [5.74, 6) is 2.02. The third-order valence-corrected chi connectivity index (χ3v) is 3.26. The van der Waals surface area contributed by atoms with E-state index in [1.807, 2.05) is 0 Å². The third kappa shape index (κ3) is 5.13. The first-order valence-electron chi connectivity index (χ1n) is 7.47. The van der Waals surface area contributed by atoms with Crippen LogP contribution in [-0.4, -0.2) is 40.1 Å². The van der Waals surface area contributed by atoms with Gasteiger partial charge in [-0.3, -0.25) is 4.79 Å². The second kappa shape index (κ2) is 9.17. The average Bonchev–Trinajstić information content (AvgIpc) is 2.66. The molecule has 0 aliphatic heterocycles. The number of benzene rings is 2. The van der Waals surface area contributed by atoms with E-state index in [0.717, 1.165) is 0 Å². The summed E-state index contributed by atoms with van der Waals surface area (Å²) >= 11 is 0. The summed E-state index contributed by atoms with van der Waals surface area (Å²) in [7, 11) is 4.67. The standard InChI is InChI=1S/C18H20N2O5/c1-22-14-7-9-15(10-8-14)25-12-17(21)20-19-11-13-5-4-6-16(23-2)18(13)24-3/h4-11H,12H2,1-3H3,(H,20,21). The van der Waals surface area contributed by atoms with Gasteiger partial charge in [0.2, 0.25) is 0 Å². The molecule has 1 N–H and O–H groups in total. The molecule has 0 unspecified atom stereocenters. The van der Waals surface area contributed by atoms with Crippen molar-refractivity contribution in [3.8, 4) is 23.0 Å². The summed E-state index contributed by atoms with van der Waals surface area (Å²) in [4.78, 5) is 11.8. The van der Waals surface area contributed by atoms with Gasteiger partial charge in [0, 0.05) is 5.56 Å². The Balaban J connectivity index is 1.88. The molecule has 0 spiro atoms. The van der Waals surface area contributed by atoms with Crippen LogP contribution in [0.1, 0.15) is 5.56 Å². The Morgan fingerprint density at radius 3 is 2.36 bits per heavy atom. The van der Waals surface area contributed by atoms with Gasteiger partial charge in [0.05, 0.1) is 27.5 Å². The first-order valence-corrected chi connectivity index (χ1v) is 7.47. The van der Waals surface area contributed by atoms with Gasteiger partial charge in [0.15, 0.2) is 18.1 Å². The third-order valence-electron chi connectivity index (χ3n) is 3.26. The maximum atomic E-state index is 11.8. The number of nitrogens with one attached hydrogen (secondary N) is 1. The van der Waals surface area contributed by atoms with E-state index in [-0.39, 0.29) is 12.5 Å². The molecule has 1 amide bonds. The lowest BCUT2D eigenvalue weighted by Crippen LogP contribution is -2.24. The molecule has 0 saturated heterocycles. The van der Waals surface area contributed by atoms with Crippen molar-refractivity contribution in [2.45, 2.75) is 0 Å². The van der Waals surface area contributed by atoms with Crippen molar-refractivity contribution in [1.29, 1.82) is 0 Å². The summed E-state index contributed by atoms with van der Waals surface area (Å²) in [5, 5.41) is 3.91. The smallest absolute Gasteiger partial charge is 0.277 e. The minimum Gasteiger partial charge on any atom is -0.497 e. The Kier molecular flexibility index (Phi) is 6.65. The summed E-state index contributed by atoms with van der Waals surface area (Å²) in [5.41, 5.74) is 3.08. The van der Waals surface area contributed by atoms with Gasteiger partial charge < -0.3 is 18.9 Å². The van der Waals surface area contributed by atoms with Crippen LogP contribution in [0.5, 0.6) is 23.0 Å². The molecule has 0 bridgehead atoms. The van der Waals surface area contributed by atoms with Crippen molar-refractivity contribution in [1.82, 2.24) is 5.43 Å². The zero-order valence-corrected chi connectivity index (χ0v) is 14.3. The van der Waals surface area contributed by atoms with Gasteiger partial charge in [0.25, 0.3) is 5.91 Å². The number of hydrogen-bond acceptors (Lipinski definition) is 6. The number of methoxy groups -OCH3 is 3. The molecule has 7 heteroatoms. The average molecular weight is 344 g/mol. The first-order chi connectivity index (χ1) is 12.2. The van der Waals surface area contributed by atoms with Gasteiger partial charge in [-0.2, -0.15) is 5.10 Å². The van der Waals surface area contributed by atoms with Crippen molar-refractivity contribution in [2.75, 3.05) is 27.9 Å². The van der Waals surface area contributed by atoms with Crippen LogP contribution in [0.25, 0.3) is 0 Å². The number of hydrazone groups is 1. The highest BCUT2D eigenvalue weighted by Crippen LogP contribution is 2.29. The molecule has 0 saturated carbocycles. The highest BCUT2D eigenvalue weighted by Gasteiger charge is 2.07. The van der Waals surface area contributed by atoms with E-state index in [2.05, 4.69) is 10.5 Å². The Morgan fingerprint density at radius 2 is 1.72 bits per heavy atom. The zero-order valence-electron chi connectivity index (χ0n) is 14.3. The number of carbonyl (C=O) groups excluding carboxylic acids is 1. The van der Waals surface area contributed by atoms with E-state index in [4.69, 9.17) is 18.9 Å². The van der Waals surface area contributed by atoms with Crippen LogP contribution in [0.2, 0.25) is 0 Å². The predicted molar refractivity (Wildman–Crippen MR) is 93.8 cm³/mol. The van der Waals surface area contributed by atoms with E-state index < -0.39 is 0 Å². The fraction of sp³-hybridized carbons (Fsp3) is 0.222. The van der Waals surface area contributed by atoms with Gasteiger partial charge >= 0.3 is 0 Å². The number of rotatable bonds is 8. The van der Waals surface area contributed by atoms with Gasteiger partial charge in [-0.05, 0) is 36.4 Å². The largest absolute Gasteiger partial charge is 0.497 e. The normalized spacial score (nSPS) is 10.4. The molecule has 0 aromatic heterocycles. The molecule has 25 heavy (non-hydrogen) atoms. The number of hydrogen-bond donors (Lipinski definition) is 1. The number of nitrogens with zero attached hydrogens (tertiary/aromatic N) is 1. The number of para-hydroxylation sites is 1. The molecule has 132 valence electrons. The maximum Gasteiger partial charge on any atom is 0.277 e. The fourth-order valence-electron chi connectivity index (χ4n) is 2.04. The van der Waals surface area contributed by atoms with Crippen LogP contribution >= 0.6 is 0 Å². The van der Waals surface area contributed by atoms with Crippen molar-refractivity contribution in [2.24, 2.45) is 5.10 Å². The van der Waals surface area contributed by atoms with Crippen LogP contribution in [-0.2, 0) is 4.79 Å². The highest BCUT2D eigenvalue weighted by molar-refractivity contribution is 5.86. The number of ether oxygens (including phenoxy) is 4. The van der Waals surface area contributed by atoms with Crippen molar-refractivity contribution < 1.29 is 23.7 Å². The van der Waals surface area contributed by atoms with Gasteiger partial charge in [-0.15, -0.1) is 0 Å². The monoisotopic (exact) mass is 344 g/mol. The van der Waals surface area contributed by atoms with Gasteiger partial charge in [0.1, 0.15) is 11.5 Å².